The number of hydrogen-bond acceptors (Lipinski definition) is 5. The molecule has 26 heavy (non-hydrogen) atoms. The summed E-state index contributed by atoms with van der Waals surface area (Å²) in [6, 6.07) is 7.45. The topological polar surface area (TPSA) is 68.7 Å². The van der Waals surface area contributed by atoms with Gasteiger partial charge in [0.25, 0.3) is 5.91 Å². The van der Waals surface area contributed by atoms with Gasteiger partial charge in [0, 0.05) is 29.6 Å². The fourth-order valence-electron chi connectivity index (χ4n) is 3.69. The van der Waals surface area contributed by atoms with Crippen LogP contribution in [0.25, 0.3) is 11.0 Å². The largest absolute Gasteiger partial charge is 0.497 e. The summed E-state index contributed by atoms with van der Waals surface area (Å²) in [6.45, 7) is 4.47. The van der Waals surface area contributed by atoms with Crippen LogP contribution in [0.15, 0.2) is 33.2 Å². The lowest BCUT2D eigenvalue weighted by atomic mass is 9.98. The molecule has 1 amide bonds. The highest BCUT2D eigenvalue weighted by Crippen LogP contribution is 2.35. The first kappa shape index (κ1) is 16.7. The van der Waals surface area contributed by atoms with E-state index in [1.807, 2.05) is 43.0 Å². The lowest BCUT2D eigenvalue weighted by molar-refractivity contribution is 0.0570. The molecule has 6 nitrogen and oxygen atoms in total. The third kappa shape index (κ3) is 2.75. The molecule has 0 unspecified atom stereocenters. The molecular weight excluding hydrogens is 332 g/mol. The van der Waals surface area contributed by atoms with Gasteiger partial charge in [-0.2, -0.15) is 0 Å². The van der Waals surface area contributed by atoms with Gasteiger partial charge in [-0.1, -0.05) is 5.16 Å². The number of amides is 1. The Morgan fingerprint density at radius 3 is 2.85 bits per heavy atom. The lowest BCUT2D eigenvalue weighted by Crippen LogP contribution is -2.38. The van der Waals surface area contributed by atoms with Gasteiger partial charge in [0.1, 0.15) is 22.8 Å². The quantitative estimate of drug-likeness (QED) is 0.697. The van der Waals surface area contributed by atoms with Gasteiger partial charge in [-0.25, -0.2) is 0 Å². The number of hydrogen-bond donors (Lipinski definition) is 0. The van der Waals surface area contributed by atoms with Crippen molar-refractivity contribution < 1.29 is 18.5 Å². The highest BCUT2D eigenvalue weighted by molar-refractivity contribution is 5.99. The van der Waals surface area contributed by atoms with E-state index in [4.69, 9.17) is 13.7 Å². The van der Waals surface area contributed by atoms with Gasteiger partial charge in [0.15, 0.2) is 5.76 Å². The maximum Gasteiger partial charge on any atom is 0.290 e. The van der Waals surface area contributed by atoms with Crippen LogP contribution in [0.1, 0.15) is 52.9 Å². The summed E-state index contributed by atoms with van der Waals surface area (Å²) in [5.41, 5.74) is 2.33. The number of methoxy groups -OCH3 is 1. The van der Waals surface area contributed by atoms with Crippen molar-refractivity contribution >= 4 is 16.9 Å². The maximum absolute atomic E-state index is 13.3. The summed E-state index contributed by atoms with van der Waals surface area (Å²) in [7, 11) is 1.61. The molecule has 1 aliphatic heterocycles. The van der Waals surface area contributed by atoms with Gasteiger partial charge < -0.3 is 18.6 Å². The molecule has 0 bridgehead atoms. The number of fused-ring (bicyclic) bond motifs is 1. The van der Waals surface area contributed by atoms with Gasteiger partial charge in [0.05, 0.1) is 13.2 Å². The number of aryl methyl sites for hydroxylation is 2. The Bertz CT molecular complexity index is 956. The van der Waals surface area contributed by atoms with Crippen molar-refractivity contribution in [1.29, 1.82) is 0 Å². The van der Waals surface area contributed by atoms with E-state index in [-0.39, 0.29) is 11.9 Å². The molecular formula is C20H22N2O4. The number of carbonyl (C=O) groups excluding carboxylic acids is 1. The molecule has 2 aromatic heterocycles. The van der Waals surface area contributed by atoms with Crippen LogP contribution in [0.2, 0.25) is 0 Å². The molecule has 136 valence electrons. The summed E-state index contributed by atoms with van der Waals surface area (Å²) in [5.74, 6) is 1.76. The van der Waals surface area contributed by atoms with Crippen molar-refractivity contribution in [1.82, 2.24) is 10.1 Å². The first-order valence-corrected chi connectivity index (χ1v) is 8.90. The van der Waals surface area contributed by atoms with Crippen molar-refractivity contribution in [3.8, 4) is 5.75 Å². The van der Waals surface area contributed by atoms with Crippen LogP contribution in [-0.2, 0) is 0 Å². The number of rotatable bonds is 3. The Balaban J connectivity index is 1.71. The second-order valence-electron chi connectivity index (χ2n) is 6.79. The Hall–Kier alpha value is -2.76. The molecule has 6 heteroatoms. The van der Waals surface area contributed by atoms with Crippen molar-refractivity contribution in [2.75, 3.05) is 13.7 Å². The molecule has 0 aliphatic carbocycles. The maximum atomic E-state index is 13.3. The summed E-state index contributed by atoms with van der Waals surface area (Å²) < 4.78 is 16.4. The van der Waals surface area contributed by atoms with Crippen LogP contribution < -0.4 is 4.74 Å². The number of nitrogens with zero attached hydrogens (tertiary/aromatic N) is 2. The second kappa shape index (κ2) is 6.52. The van der Waals surface area contributed by atoms with E-state index in [2.05, 4.69) is 5.16 Å². The minimum absolute atomic E-state index is 0.0733. The van der Waals surface area contributed by atoms with E-state index in [0.717, 1.165) is 41.7 Å². The molecule has 1 saturated heterocycles. The molecule has 3 aromatic rings. The predicted octanol–water partition coefficient (Wildman–Crippen LogP) is 4.41. The predicted molar refractivity (Wildman–Crippen MR) is 96.4 cm³/mol. The van der Waals surface area contributed by atoms with E-state index in [1.54, 1.807) is 7.11 Å². The molecule has 0 N–H and O–H groups in total. The number of carbonyl (C=O) groups is 1. The van der Waals surface area contributed by atoms with Gasteiger partial charge in [-0.05, 0) is 45.2 Å². The number of aromatic nitrogens is 1. The zero-order valence-corrected chi connectivity index (χ0v) is 15.2. The molecule has 1 atom stereocenters. The Morgan fingerprint density at radius 2 is 2.12 bits per heavy atom. The third-order valence-electron chi connectivity index (χ3n) is 5.09. The van der Waals surface area contributed by atoms with E-state index in [1.165, 1.54) is 0 Å². The Labute approximate surface area is 151 Å². The number of furan rings is 1. The van der Waals surface area contributed by atoms with E-state index in [0.29, 0.717) is 23.6 Å². The Morgan fingerprint density at radius 1 is 1.27 bits per heavy atom. The van der Waals surface area contributed by atoms with Gasteiger partial charge in [-0.15, -0.1) is 0 Å². The molecule has 1 fully saturated rings. The van der Waals surface area contributed by atoms with Gasteiger partial charge in [0.2, 0.25) is 0 Å². The van der Waals surface area contributed by atoms with Crippen molar-refractivity contribution in [3.63, 3.8) is 0 Å². The fourth-order valence-corrected chi connectivity index (χ4v) is 3.69. The van der Waals surface area contributed by atoms with Crippen LogP contribution in [0, 0.1) is 13.8 Å². The average Bonchev–Trinajstić information content (AvgIpc) is 3.24. The van der Waals surface area contributed by atoms with Crippen LogP contribution in [0.4, 0.5) is 0 Å². The highest BCUT2D eigenvalue weighted by atomic mass is 16.5. The summed E-state index contributed by atoms with van der Waals surface area (Å²) >= 11 is 0. The molecule has 0 saturated carbocycles. The van der Waals surface area contributed by atoms with Crippen LogP contribution in [0.5, 0.6) is 5.75 Å². The number of piperidine rings is 1. The minimum atomic E-state index is -0.0944. The summed E-state index contributed by atoms with van der Waals surface area (Å²) in [5, 5.41) is 5.07. The van der Waals surface area contributed by atoms with Gasteiger partial charge in [-0.3, -0.25) is 4.79 Å². The van der Waals surface area contributed by atoms with E-state index in [9.17, 15) is 4.79 Å². The zero-order valence-electron chi connectivity index (χ0n) is 15.2. The van der Waals surface area contributed by atoms with Crippen molar-refractivity contribution in [3.05, 3.63) is 47.0 Å². The standard InChI is InChI=1S/C20H22N2O4/c1-12-10-16(21-26-12)17-6-4-5-9-22(17)20(23)19-13(2)15-8-7-14(24-3)11-18(15)25-19/h7-8,10-11,17H,4-6,9H2,1-3H3/t17-/m1/s1. The average molecular weight is 354 g/mol. The van der Waals surface area contributed by atoms with E-state index >= 15 is 0 Å². The SMILES string of the molecule is COc1ccc2c(C)c(C(=O)N3CCCC[C@@H]3c3cc(C)on3)oc2c1. The second-order valence-corrected chi connectivity index (χ2v) is 6.79. The molecule has 0 spiro atoms. The van der Waals surface area contributed by atoms with Crippen molar-refractivity contribution in [2.24, 2.45) is 0 Å². The van der Waals surface area contributed by atoms with Crippen LogP contribution >= 0.6 is 0 Å². The summed E-state index contributed by atoms with van der Waals surface area (Å²) in [6.07, 6.45) is 2.92. The first-order valence-electron chi connectivity index (χ1n) is 8.90. The number of ether oxygens (including phenoxy) is 1. The Kier molecular flexibility index (Phi) is 4.18. The van der Waals surface area contributed by atoms with E-state index < -0.39 is 0 Å². The zero-order chi connectivity index (χ0) is 18.3. The fraction of sp³-hybridized carbons (Fsp3) is 0.400. The highest BCUT2D eigenvalue weighted by Gasteiger charge is 2.33. The molecule has 1 aliphatic rings. The smallest absolute Gasteiger partial charge is 0.290 e. The lowest BCUT2D eigenvalue weighted by Gasteiger charge is -2.34. The van der Waals surface area contributed by atoms with Crippen molar-refractivity contribution in [2.45, 2.75) is 39.2 Å². The molecule has 1 aromatic carbocycles. The normalized spacial score (nSPS) is 17.7. The third-order valence-corrected chi connectivity index (χ3v) is 5.09. The van der Waals surface area contributed by atoms with Gasteiger partial charge >= 0.3 is 0 Å². The number of benzene rings is 1. The first-order chi connectivity index (χ1) is 12.6. The molecule has 3 heterocycles. The minimum Gasteiger partial charge on any atom is -0.497 e. The summed E-state index contributed by atoms with van der Waals surface area (Å²) in [4.78, 5) is 15.1. The van der Waals surface area contributed by atoms with Crippen LogP contribution in [0.3, 0.4) is 0 Å². The molecule has 4 rings (SSSR count). The number of likely N-dealkylation sites (tertiary alicyclic amines) is 1. The monoisotopic (exact) mass is 354 g/mol. The van der Waals surface area contributed by atoms with Crippen LogP contribution in [-0.4, -0.2) is 29.6 Å². The molecule has 0 radical (unpaired) electrons.